The minimum atomic E-state index is 0. The van der Waals surface area contributed by atoms with Crippen molar-refractivity contribution in [1.82, 2.24) is 0 Å². The molecule has 76 valence electrons. The molecule has 11 heteroatoms. The summed E-state index contributed by atoms with van der Waals surface area (Å²) in [5, 5.41) is 0. The van der Waals surface area contributed by atoms with Gasteiger partial charge in [0.05, 0.1) is 0 Å². The molecule has 0 saturated carbocycles. The van der Waals surface area contributed by atoms with Crippen molar-refractivity contribution in [2.75, 3.05) is 0 Å². The van der Waals surface area contributed by atoms with Crippen molar-refractivity contribution < 1.29 is 160 Å². The largest absolute Gasteiger partial charge is 3.00 e. The van der Waals surface area contributed by atoms with Gasteiger partial charge < -0.3 is 38.3 Å². The van der Waals surface area contributed by atoms with Gasteiger partial charge in [-0.3, -0.25) is 0 Å². The molecule has 0 atom stereocenters. The van der Waals surface area contributed by atoms with Crippen molar-refractivity contribution in [2.24, 2.45) is 0 Å². The van der Waals surface area contributed by atoms with Crippen molar-refractivity contribution in [3.8, 4) is 0 Å². The Labute approximate surface area is 157 Å². The molecule has 0 bridgehead atoms. The van der Waals surface area contributed by atoms with Gasteiger partial charge in [-0.2, -0.15) is 0 Å². The van der Waals surface area contributed by atoms with Crippen molar-refractivity contribution in [2.45, 2.75) is 0 Å². The summed E-state index contributed by atoms with van der Waals surface area (Å²) >= 11 is 0. The van der Waals surface area contributed by atoms with Crippen LogP contribution in [0.4, 0.5) is 0 Å². The maximum Gasteiger partial charge on any atom is 3.00 e. The molecule has 0 rings (SSSR count). The normalized spacial score (nSPS) is 0. The Bertz CT molecular complexity index is 14.4. The van der Waals surface area contributed by atoms with E-state index in [0.29, 0.717) is 0 Å². The monoisotopic (exact) mass is 782 g/mol. The average Bonchev–Trinajstić information content (AvgIpc) is 0. The minimum absolute atomic E-state index is 0. The van der Waals surface area contributed by atoms with E-state index in [2.05, 4.69) is 0 Å². The maximum atomic E-state index is 0. The maximum absolute atomic E-state index is 0. The van der Waals surface area contributed by atoms with Crippen molar-refractivity contribution >= 4 is 0 Å². The zero-order chi connectivity index (χ0) is 0. The van der Waals surface area contributed by atoms with Gasteiger partial charge in [0, 0.05) is 40.2 Å². The molecule has 0 amide bonds. The Morgan fingerprint density at radius 3 is 0.273 bits per heavy atom. The third-order valence-corrected chi connectivity index (χ3v) is 0. The first-order chi connectivity index (χ1) is 0. The van der Waals surface area contributed by atoms with Crippen LogP contribution in [0.1, 0.15) is 0 Å². The predicted octanol–water partition coefficient (Wildman–Crippen LogP) is -0.837. The first kappa shape index (κ1) is 200. The van der Waals surface area contributed by atoms with Crippen LogP contribution in [0, 0.1) is 81.7 Å². The minimum Gasteiger partial charge on any atom is -2.00 e. The summed E-state index contributed by atoms with van der Waals surface area (Å²) < 4.78 is 0. The summed E-state index contributed by atoms with van der Waals surface area (Å²) in [4.78, 5) is 0. The van der Waals surface area contributed by atoms with Gasteiger partial charge >= 0.3 is 81.7 Å². The smallest absolute Gasteiger partial charge is 2.00 e. The molecular weight excluding hydrogens is 785 g/mol. The van der Waals surface area contributed by atoms with E-state index in [-0.39, 0.29) is 160 Å². The zero-order valence-electron chi connectivity index (χ0n) is 4.52. The fourth-order valence-electron chi connectivity index (χ4n) is 0. The Hall–Kier alpha value is 3.72. The summed E-state index contributed by atoms with van der Waals surface area (Å²) in [5.74, 6) is 0. The van der Waals surface area contributed by atoms with E-state index in [0.717, 1.165) is 0 Å². The zero-order valence-corrected chi connectivity index (χ0v) is 15.7. The fourth-order valence-corrected chi connectivity index (χ4v) is 0. The van der Waals surface area contributed by atoms with E-state index in [1.165, 1.54) is 0 Å². The van der Waals surface area contributed by atoms with Crippen LogP contribution >= 0.6 is 0 Å². The molecule has 0 aliphatic heterocycles. The second-order valence-electron chi connectivity index (χ2n) is 0. The average molecular weight is 785 g/mol. The van der Waals surface area contributed by atoms with Crippen molar-refractivity contribution in [3.05, 3.63) is 0 Å². The van der Waals surface area contributed by atoms with Gasteiger partial charge in [-0.15, -0.1) is 0 Å². The molecule has 0 unspecified atom stereocenters. The van der Waals surface area contributed by atoms with Crippen LogP contribution < -0.4 is 0 Å². The Morgan fingerprint density at radius 2 is 0.273 bits per heavy atom. The number of rotatable bonds is 0. The molecule has 7 nitrogen and oxygen atoms in total. The first-order valence-electron chi connectivity index (χ1n) is 0. The fraction of sp³-hybridized carbons (Fsp3) is 0. The van der Waals surface area contributed by atoms with Gasteiger partial charge in [0.2, 0.25) is 0 Å². The molecule has 0 N–H and O–H groups in total. The van der Waals surface area contributed by atoms with E-state index < -0.39 is 0 Å². The summed E-state index contributed by atoms with van der Waals surface area (Å²) in [6.07, 6.45) is 0. The Morgan fingerprint density at radius 1 is 0.273 bits per heavy atom. The van der Waals surface area contributed by atoms with Crippen LogP contribution in [-0.2, 0) is 78.5 Å². The summed E-state index contributed by atoms with van der Waals surface area (Å²) in [5.41, 5.74) is 0. The standard InChI is InChI=1S/2Ir.2Nd.7O/q;;2*+3;7*-2. The molecule has 4 radical (unpaired) electrons. The molecule has 0 aliphatic carbocycles. The Balaban J connectivity index is 0. The molecule has 0 heterocycles. The molecule has 0 saturated heterocycles. The van der Waals surface area contributed by atoms with Crippen LogP contribution in [0.15, 0.2) is 0 Å². The third-order valence-electron chi connectivity index (χ3n) is 0. The van der Waals surface area contributed by atoms with Gasteiger partial charge in [-0.25, -0.2) is 0 Å². The number of hydrogen-bond donors (Lipinski definition) is 0. The van der Waals surface area contributed by atoms with Crippen LogP contribution in [0.25, 0.3) is 0 Å². The second kappa shape index (κ2) is 160. The molecule has 0 aromatic rings. The van der Waals surface area contributed by atoms with Crippen LogP contribution in [0.3, 0.4) is 0 Å². The second-order valence-corrected chi connectivity index (χ2v) is 0. The van der Waals surface area contributed by atoms with Crippen molar-refractivity contribution in [3.63, 3.8) is 0 Å². The first-order valence-corrected chi connectivity index (χ1v) is 0. The van der Waals surface area contributed by atoms with Gasteiger partial charge in [-0.05, 0) is 0 Å². The van der Waals surface area contributed by atoms with E-state index in [9.17, 15) is 0 Å². The van der Waals surface area contributed by atoms with Gasteiger partial charge in [0.1, 0.15) is 0 Å². The molecule has 0 aromatic carbocycles. The van der Waals surface area contributed by atoms with Crippen LogP contribution in [0.5, 0.6) is 0 Å². The van der Waals surface area contributed by atoms with Gasteiger partial charge in [0.25, 0.3) is 0 Å². The molecule has 0 aliphatic rings. The molecular formula is Ir2Nd2O7-8. The Kier molecular flexibility index (Phi) is 2920. The van der Waals surface area contributed by atoms with Gasteiger partial charge in [0.15, 0.2) is 0 Å². The van der Waals surface area contributed by atoms with Crippen molar-refractivity contribution in [1.29, 1.82) is 0 Å². The summed E-state index contributed by atoms with van der Waals surface area (Å²) in [6.45, 7) is 0. The van der Waals surface area contributed by atoms with E-state index in [1.807, 2.05) is 0 Å². The van der Waals surface area contributed by atoms with Crippen LogP contribution in [-0.4, -0.2) is 0 Å². The van der Waals surface area contributed by atoms with E-state index in [4.69, 9.17) is 0 Å². The van der Waals surface area contributed by atoms with E-state index in [1.54, 1.807) is 0 Å². The topological polar surface area (TPSA) is 200 Å². The molecule has 11 heavy (non-hydrogen) atoms. The molecule has 0 aromatic heterocycles. The molecule has 0 fully saturated rings. The third kappa shape index (κ3) is 136. The quantitative estimate of drug-likeness (QED) is 0.296. The van der Waals surface area contributed by atoms with Crippen LogP contribution in [0.2, 0.25) is 0 Å². The summed E-state index contributed by atoms with van der Waals surface area (Å²) in [6, 6.07) is 0. The summed E-state index contributed by atoms with van der Waals surface area (Å²) in [7, 11) is 0. The van der Waals surface area contributed by atoms with Gasteiger partial charge in [-0.1, -0.05) is 0 Å². The molecule has 0 spiro atoms. The predicted molar refractivity (Wildman–Crippen MR) is 4.81 cm³/mol. The van der Waals surface area contributed by atoms with E-state index >= 15 is 0 Å². The number of hydrogen-bond acceptors (Lipinski definition) is 0. The SMILES string of the molecule is [Ir].[Ir].[Nd+3].[Nd+3].[O-2].[O-2].[O-2].[O-2].[O-2].[O-2].[O-2].